The number of nitrogens with one attached hydrogen (secondary N) is 1. The van der Waals surface area contributed by atoms with Gasteiger partial charge in [0.25, 0.3) is 0 Å². The molecule has 106 valence electrons. The van der Waals surface area contributed by atoms with Crippen LogP contribution in [0, 0.1) is 0 Å². The maximum absolute atomic E-state index is 3.69. The summed E-state index contributed by atoms with van der Waals surface area (Å²) in [5.74, 6) is 0. The monoisotopic (exact) mass is 332 g/mol. The van der Waals surface area contributed by atoms with Crippen LogP contribution in [0.1, 0.15) is 25.5 Å². The van der Waals surface area contributed by atoms with Gasteiger partial charge in [0.1, 0.15) is 0 Å². The van der Waals surface area contributed by atoms with Gasteiger partial charge in [-0.3, -0.25) is 0 Å². The summed E-state index contributed by atoms with van der Waals surface area (Å²) in [6.07, 6.45) is 0. The van der Waals surface area contributed by atoms with E-state index in [1.165, 1.54) is 16.9 Å². The molecule has 0 bridgehead atoms. The summed E-state index contributed by atoms with van der Waals surface area (Å²) in [6.45, 7) is 5.28. The predicted octanol–water partition coefficient (Wildman–Crippen LogP) is 4.89. The van der Waals surface area contributed by atoms with Gasteiger partial charge in [-0.25, -0.2) is 0 Å². The molecule has 2 aromatic rings. The molecular weight excluding hydrogens is 312 g/mol. The van der Waals surface area contributed by atoms with E-state index in [1.54, 1.807) is 0 Å². The standard InChI is InChI=1S/C17H21BrN2/c1-4-19-13(2)16-11-10-15(12-17(16)18)20(3)14-8-6-5-7-9-14/h5-13,19H,4H2,1-3H3. The Morgan fingerprint density at radius 2 is 1.80 bits per heavy atom. The fraction of sp³-hybridized carbons (Fsp3) is 0.294. The van der Waals surface area contributed by atoms with Crippen molar-refractivity contribution in [2.75, 3.05) is 18.5 Å². The van der Waals surface area contributed by atoms with E-state index in [9.17, 15) is 0 Å². The molecule has 20 heavy (non-hydrogen) atoms. The van der Waals surface area contributed by atoms with Crippen molar-refractivity contribution in [3.8, 4) is 0 Å². The van der Waals surface area contributed by atoms with Crippen LogP contribution in [0.4, 0.5) is 11.4 Å². The van der Waals surface area contributed by atoms with Crippen LogP contribution in [0.25, 0.3) is 0 Å². The van der Waals surface area contributed by atoms with Crippen LogP contribution in [0.3, 0.4) is 0 Å². The Labute approximate surface area is 129 Å². The first-order valence-electron chi connectivity index (χ1n) is 6.95. The van der Waals surface area contributed by atoms with E-state index in [0.717, 1.165) is 11.0 Å². The second-order valence-corrected chi connectivity index (χ2v) is 5.73. The third-order valence-electron chi connectivity index (χ3n) is 3.49. The molecular formula is C17H21BrN2. The summed E-state index contributed by atoms with van der Waals surface area (Å²) in [4.78, 5) is 2.19. The zero-order valence-corrected chi connectivity index (χ0v) is 13.8. The average Bonchev–Trinajstić information content (AvgIpc) is 2.47. The van der Waals surface area contributed by atoms with Gasteiger partial charge in [-0.05, 0) is 43.3 Å². The van der Waals surface area contributed by atoms with Crippen molar-refractivity contribution in [1.29, 1.82) is 0 Å². The third kappa shape index (κ3) is 3.41. The van der Waals surface area contributed by atoms with Crippen molar-refractivity contribution < 1.29 is 0 Å². The molecule has 0 aliphatic carbocycles. The molecule has 0 fully saturated rings. The minimum Gasteiger partial charge on any atom is -0.345 e. The smallest absolute Gasteiger partial charge is 0.0419 e. The molecule has 0 saturated heterocycles. The largest absolute Gasteiger partial charge is 0.345 e. The summed E-state index contributed by atoms with van der Waals surface area (Å²) in [5, 5.41) is 3.44. The minimum atomic E-state index is 0.352. The Balaban J connectivity index is 2.25. The van der Waals surface area contributed by atoms with Crippen molar-refractivity contribution in [3.63, 3.8) is 0 Å². The van der Waals surface area contributed by atoms with Crippen LogP contribution in [-0.2, 0) is 0 Å². The van der Waals surface area contributed by atoms with Crippen LogP contribution in [0.2, 0.25) is 0 Å². The number of hydrogen-bond acceptors (Lipinski definition) is 2. The van der Waals surface area contributed by atoms with Gasteiger partial charge in [0.05, 0.1) is 0 Å². The van der Waals surface area contributed by atoms with Crippen molar-refractivity contribution in [1.82, 2.24) is 5.32 Å². The van der Waals surface area contributed by atoms with Gasteiger partial charge in [0, 0.05) is 28.9 Å². The molecule has 0 heterocycles. The first kappa shape index (κ1) is 15.1. The van der Waals surface area contributed by atoms with E-state index in [2.05, 4.69) is 89.5 Å². The van der Waals surface area contributed by atoms with Gasteiger partial charge in [0.15, 0.2) is 0 Å². The second kappa shape index (κ2) is 6.91. The number of nitrogens with zero attached hydrogens (tertiary/aromatic N) is 1. The molecule has 1 atom stereocenters. The number of anilines is 2. The lowest BCUT2D eigenvalue weighted by molar-refractivity contribution is 0.596. The fourth-order valence-corrected chi connectivity index (χ4v) is 3.00. The highest BCUT2D eigenvalue weighted by atomic mass is 79.9. The molecule has 0 aliphatic rings. The lowest BCUT2D eigenvalue weighted by atomic mass is 10.1. The molecule has 3 heteroatoms. The Bertz CT molecular complexity index is 554. The van der Waals surface area contributed by atoms with Gasteiger partial charge in [-0.15, -0.1) is 0 Å². The van der Waals surface area contributed by atoms with E-state index in [0.29, 0.717) is 6.04 Å². The van der Waals surface area contributed by atoms with Crippen molar-refractivity contribution >= 4 is 27.3 Å². The van der Waals surface area contributed by atoms with Gasteiger partial charge < -0.3 is 10.2 Å². The highest BCUT2D eigenvalue weighted by molar-refractivity contribution is 9.10. The molecule has 2 nitrogen and oxygen atoms in total. The Kier molecular flexibility index (Phi) is 5.21. The van der Waals surface area contributed by atoms with E-state index in [4.69, 9.17) is 0 Å². The van der Waals surface area contributed by atoms with E-state index < -0.39 is 0 Å². The molecule has 0 spiro atoms. The normalized spacial score (nSPS) is 12.2. The number of halogens is 1. The van der Waals surface area contributed by atoms with E-state index >= 15 is 0 Å². The Hall–Kier alpha value is -1.32. The highest BCUT2D eigenvalue weighted by Crippen LogP contribution is 2.30. The molecule has 0 aromatic heterocycles. The van der Waals surface area contributed by atoms with Crippen LogP contribution < -0.4 is 10.2 Å². The number of benzene rings is 2. The topological polar surface area (TPSA) is 15.3 Å². The zero-order valence-electron chi connectivity index (χ0n) is 12.2. The van der Waals surface area contributed by atoms with Crippen LogP contribution in [0.15, 0.2) is 53.0 Å². The van der Waals surface area contributed by atoms with Crippen molar-refractivity contribution in [2.45, 2.75) is 19.9 Å². The molecule has 0 amide bonds. The van der Waals surface area contributed by atoms with Crippen LogP contribution in [0.5, 0.6) is 0 Å². The molecule has 0 aliphatic heterocycles. The number of para-hydroxylation sites is 1. The molecule has 0 saturated carbocycles. The maximum atomic E-state index is 3.69. The summed E-state index contributed by atoms with van der Waals surface area (Å²) in [5.41, 5.74) is 3.65. The SMILES string of the molecule is CCNC(C)c1ccc(N(C)c2ccccc2)cc1Br. The molecule has 0 radical (unpaired) electrons. The maximum Gasteiger partial charge on any atom is 0.0419 e. The summed E-state index contributed by atoms with van der Waals surface area (Å²) in [7, 11) is 2.09. The van der Waals surface area contributed by atoms with Crippen molar-refractivity contribution in [2.24, 2.45) is 0 Å². The Morgan fingerprint density at radius 1 is 1.10 bits per heavy atom. The summed E-state index contributed by atoms with van der Waals surface area (Å²) in [6, 6.07) is 17.3. The zero-order chi connectivity index (χ0) is 14.5. The van der Waals surface area contributed by atoms with Gasteiger partial charge in [0.2, 0.25) is 0 Å². The van der Waals surface area contributed by atoms with Gasteiger partial charge in [-0.2, -0.15) is 0 Å². The van der Waals surface area contributed by atoms with Crippen molar-refractivity contribution in [3.05, 3.63) is 58.6 Å². The molecule has 2 rings (SSSR count). The lowest BCUT2D eigenvalue weighted by Crippen LogP contribution is -2.18. The average molecular weight is 333 g/mol. The first-order chi connectivity index (χ1) is 9.63. The molecule has 2 aromatic carbocycles. The minimum absolute atomic E-state index is 0.352. The molecule has 1 N–H and O–H groups in total. The van der Waals surface area contributed by atoms with Crippen LogP contribution >= 0.6 is 15.9 Å². The quantitative estimate of drug-likeness (QED) is 0.838. The van der Waals surface area contributed by atoms with E-state index in [-0.39, 0.29) is 0 Å². The van der Waals surface area contributed by atoms with Gasteiger partial charge >= 0.3 is 0 Å². The Morgan fingerprint density at radius 3 is 2.40 bits per heavy atom. The first-order valence-corrected chi connectivity index (χ1v) is 7.74. The van der Waals surface area contributed by atoms with E-state index in [1.807, 2.05) is 6.07 Å². The number of hydrogen-bond donors (Lipinski definition) is 1. The van der Waals surface area contributed by atoms with Crippen LogP contribution in [-0.4, -0.2) is 13.6 Å². The lowest BCUT2D eigenvalue weighted by Gasteiger charge is -2.22. The second-order valence-electron chi connectivity index (χ2n) is 4.88. The fourth-order valence-electron chi connectivity index (χ4n) is 2.29. The highest BCUT2D eigenvalue weighted by Gasteiger charge is 2.10. The summed E-state index contributed by atoms with van der Waals surface area (Å²) < 4.78 is 1.14. The molecule has 1 unspecified atom stereocenters. The third-order valence-corrected chi connectivity index (χ3v) is 4.18. The van der Waals surface area contributed by atoms with Gasteiger partial charge in [-0.1, -0.05) is 47.1 Å². The summed E-state index contributed by atoms with van der Waals surface area (Å²) >= 11 is 3.69. The number of rotatable bonds is 5. The predicted molar refractivity (Wildman–Crippen MR) is 90.7 cm³/mol.